The third-order valence-electron chi connectivity index (χ3n) is 6.84. The molecule has 0 aliphatic carbocycles. The molecule has 0 spiro atoms. The van der Waals surface area contributed by atoms with Gasteiger partial charge in [-0.15, -0.1) is 0 Å². The summed E-state index contributed by atoms with van der Waals surface area (Å²) in [6, 6.07) is 20.7. The maximum atomic E-state index is 12.5. The smallest absolute Gasteiger partial charge is 0.251 e. The van der Waals surface area contributed by atoms with Gasteiger partial charge in [-0.25, -0.2) is 4.98 Å². The Morgan fingerprint density at radius 3 is 2.44 bits per heavy atom. The third kappa shape index (κ3) is 7.57. The van der Waals surface area contributed by atoms with Crippen LogP contribution in [0.2, 0.25) is 0 Å². The van der Waals surface area contributed by atoms with E-state index in [9.17, 15) is 14.4 Å². The lowest BCUT2D eigenvalue weighted by Crippen LogP contribution is -2.31. The van der Waals surface area contributed by atoms with E-state index in [0.717, 1.165) is 50.3 Å². The van der Waals surface area contributed by atoms with Crippen molar-refractivity contribution in [3.8, 4) is 5.75 Å². The molecule has 3 N–H and O–H groups in total. The quantitative estimate of drug-likeness (QED) is 0.229. The largest absolute Gasteiger partial charge is 0.487 e. The molecule has 0 aliphatic heterocycles. The van der Waals surface area contributed by atoms with Crippen molar-refractivity contribution in [3.63, 3.8) is 0 Å². The molecule has 0 aliphatic rings. The summed E-state index contributed by atoms with van der Waals surface area (Å²) in [7, 11) is 1.57. The van der Waals surface area contributed by atoms with Crippen molar-refractivity contribution in [1.82, 2.24) is 15.6 Å². The number of Topliss-reactive ketones (excluding diaryl/α,β-unsaturated/α-hetero) is 1. The maximum Gasteiger partial charge on any atom is 0.251 e. The number of anilines is 1. The molecule has 0 atom stereocenters. The Hall–Kier alpha value is -4.98. The zero-order chi connectivity index (χ0) is 29.4. The van der Waals surface area contributed by atoms with Crippen molar-refractivity contribution in [3.05, 3.63) is 106 Å². The van der Waals surface area contributed by atoms with Crippen LogP contribution in [0.1, 0.15) is 38.3 Å². The lowest BCUT2D eigenvalue weighted by molar-refractivity contribution is -0.121. The lowest BCUT2D eigenvalue weighted by Gasteiger charge is -2.17. The van der Waals surface area contributed by atoms with Crippen LogP contribution in [0.5, 0.6) is 5.75 Å². The van der Waals surface area contributed by atoms with Gasteiger partial charge in [0, 0.05) is 29.8 Å². The van der Waals surface area contributed by atoms with Crippen molar-refractivity contribution in [2.75, 3.05) is 25.5 Å². The molecule has 0 saturated heterocycles. The minimum Gasteiger partial charge on any atom is -0.487 e. The number of pyridine rings is 1. The Morgan fingerprint density at radius 1 is 0.927 bits per heavy atom. The van der Waals surface area contributed by atoms with Crippen molar-refractivity contribution in [1.29, 1.82) is 0 Å². The van der Waals surface area contributed by atoms with E-state index in [1.807, 2.05) is 63.2 Å². The number of carbonyl (C=O) groups excluding carboxylic acids is 3. The molecule has 8 heteroatoms. The SMILES string of the molecule is CNC(=O)c1ccc(C=CC(=O)NCC(=O)CNc2ccc(C)c(COc3cc4ccccc4nc3C)c2C)cc1. The second-order valence-corrected chi connectivity index (χ2v) is 9.73. The molecule has 0 fully saturated rings. The second kappa shape index (κ2) is 13.4. The van der Waals surface area contributed by atoms with Gasteiger partial charge in [0.05, 0.1) is 24.3 Å². The zero-order valence-electron chi connectivity index (χ0n) is 23.7. The van der Waals surface area contributed by atoms with Crippen LogP contribution >= 0.6 is 0 Å². The molecule has 4 aromatic rings. The summed E-state index contributed by atoms with van der Waals surface area (Å²) in [6.45, 7) is 6.32. The summed E-state index contributed by atoms with van der Waals surface area (Å²) in [6.07, 6.45) is 2.99. The van der Waals surface area contributed by atoms with Gasteiger partial charge in [-0.2, -0.15) is 0 Å². The van der Waals surface area contributed by atoms with Crippen LogP contribution < -0.4 is 20.7 Å². The van der Waals surface area contributed by atoms with Gasteiger partial charge in [0.15, 0.2) is 5.78 Å². The summed E-state index contributed by atoms with van der Waals surface area (Å²) in [5.74, 6) is 0.0293. The number of para-hydroxylation sites is 1. The number of rotatable bonds is 11. The standard InChI is InChI=1S/C33H34N4O4/c1-21-9-15-29(22(2)28(21)20-41-31-17-26-7-5-6-8-30(26)37-23(31)3)35-18-27(38)19-36-32(39)16-12-24-10-13-25(14-11-24)33(40)34-4/h5-17,35H,18-20H2,1-4H3,(H,34,40)(H,36,39). The van der Waals surface area contributed by atoms with Crippen molar-refractivity contribution in [2.45, 2.75) is 27.4 Å². The highest BCUT2D eigenvalue weighted by atomic mass is 16.5. The minimum atomic E-state index is -0.377. The summed E-state index contributed by atoms with van der Waals surface area (Å²) >= 11 is 0. The molecule has 0 unspecified atom stereocenters. The van der Waals surface area contributed by atoms with Gasteiger partial charge in [-0.05, 0) is 79.4 Å². The highest BCUT2D eigenvalue weighted by Crippen LogP contribution is 2.27. The van der Waals surface area contributed by atoms with Crippen LogP contribution in [0.4, 0.5) is 5.69 Å². The molecular weight excluding hydrogens is 516 g/mol. The van der Waals surface area contributed by atoms with E-state index in [2.05, 4.69) is 20.9 Å². The number of benzene rings is 3. The van der Waals surface area contributed by atoms with E-state index in [1.54, 1.807) is 37.4 Å². The highest BCUT2D eigenvalue weighted by Gasteiger charge is 2.12. The molecule has 1 heterocycles. The normalized spacial score (nSPS) is 10.9. The van der Waals surface area contributed by atoms with E-state index in [0.29, 0.717) is 12.2 Å². The van der Waals surface area contributed by atoms with Crippen molar-refractivity contribution >= 4 is 40.3 Å². The van der Waals surface area contributed by atoms with Crippen LogP contribution in [0.3, 0.4) is 0 Å². The lowest BCUT2D eigenvalue weighted by atomic mass is 10.0. The number of carbonyl (C=O) groups is 3. The molecule has 0 saturated carbocycles. The van der Waals surface area contributed by atoms with Crippen molar-refractivity contribution < 1.29 is 19.1 Å². The van der Waals surface area contributed by atoms with Crippen LogP contribution in [0, 0.1) is 20.8 Å². The molecule has 0 radical (unpaired) electrons. The number of ether oxygens (including phenoxy) is 1. The van der Waals surface area contributed by atoms with Gasteiger partial charge in [-0.3, -0.25) is 14.4 Å². The van der Waals surface area contributed by atoms with Gasteiger partial charge < -0.3 is 20.7 Å². The molecule has 4 rings (SSSR count). The summed E-state index contributed by atoms with van der Waals surface area (Å²) in [5, 5.41) is 9.39. The summed E-state index contributed by atoms with van der Waals surface area (Å²) in [4.78, 5) is 40.9. The first-order valence-corrected chi connectivity index (χ1v) is 13.4. The molecule has 2 amide bonds. The van der Waals surface area contributed by atoms with E-state index in [1.165, 1.54) is 6.08 Å². The monoisotopic (exact) mass is 550 g/mol. The maximum absolute atomic E-state index is 12.5. The summed E-state index contributed by atoms with van der Waals surface area (Å²) in [5.41, 5.74) is 7.03. The number of nitrogens with one attached hydrogen (secondary N) is 3. The Labute approximate surface area is 239 Å². The van der Waals surface area contributed by atoms with Gasteiger partial charge in [0.1, 0.15) is 12.4 Å². The van der Waals surface area contributed by atoms with Gasteiger partial charge in [-0.1, -0.05) is 36.4 Å². The number of aryl methyl sites for hydroxylation is 2. The van der Waals surface area contributed by atoms with Crippen LogP contribution in [0.25, 0.3) is 17.0 Å². The van der Waals surface area contributed by atoms with Crippen LogP contribution in [-0.2, 0) is 16.2 Å². The van der Waals surface area contributed by atoms with E-state index in [4.69, 9.17) is 4.74 Å². The Morgan fingerprint density at radius 2 is 1.68 bits per heavy atom. The highest BCUT2D eigenvalue weighted by molar-refractivity contribution is 5.96. The van der Waals surface area contributed by atoms with Crippen LogP contribution in [-0.4, -0.2) is 42.7 Å². The fraction of sp³-hybridized carbons (Fsp3) is 0.212. The number of fused-ring (bicyclic) bond motifs is 1. The molecule has 8 nitrogen and oxygen atoms in total. The van der Waals surface area contributed by atoms with Gasteiger partial charge in [0.2, 0.25) is 5.91 Å². The van der Waals surface area contributed by atoms with Gasteiger partial charge in [0.25, 0.3) is 5.91 Å². The molecular formula is C33H34N4O4. The first-order chi connectivity index (χ1) is 19.7. The second-order valence-electron chi connectivity index (χ2n) is 9.73. The molecule has 210 valence electrons. The van der Waals surface area contributed by atoms with E-state index in [-0.39, 0.29) is 30.7 Å². The molecule has 0 bridgehead atoms. The molecule has 1 aromatic heterocycles. The zero-order valence-corrected chi connectivity index (χ0v) is 23.7. The van der Waals surface area contributed by atoms with E-state index < -0.39 is 0 Å². The third-order valence-corrected chi connectivity index (χ3v) is 6.84. The fourth-order valence-corrected chi connectivity index (χ4v) is 4.36. The van der Waals surface area contributed by atoms with E-state index >= 15 is 0 Å². The fourth-order valence-electron chi connectivity index (χ4n) is 4.36. The predicted molar refractivity (Wildman–Crippen MR) is 162 cm³/mol. The number of hydrogen-bond donors (Lipinski definition) is 3. The van der Waals surface area contributed by atoms with Gasteiger partial charge >= 0.3 is 0 Å². The topological polar surface area (TPSA) is 109 Å². The molecule has 3 aromatic carbocycles. The average Bonchev–Trinajstić information content (AvgIpc) is 2.98. The Balaban J connectivity index is 1.29. The number of amides is 2. The Kier molecular flexibility index (Phi) is 9.47. The number of hydrogen-bond acceptors (Lipinski definition) is 6. The summed E-state index contributed by atoms with van der Waals surface area (Å²) < 4.78 is 6.19. The van der Waals surface area contributed by atoms with Crippen LogP contribution in [0.15, 0.2) is 72.8 Å². The van der Waals surface area contributed by atoms with Crippen molar-refractivity contribution in [2.24, 2.45) is 0 Å². The number of ketones is 1. The Bertz CT molecular complexity index is 1610. The first-order valence-electron chi connectivity index (χ1n) is 13.4. The molecule has 41 heavy (non-hydrogen) atoms. The average molecular weight is 551 g/mol. The minimum absolute atomic E-state index is 0.0723. The predicted octanol–water partition coefficient (Wildman–Crippen LogP) is 4.91. The number of nitrogens with zero attached hydrogens (tertiary/aromatic N) is 1. The number of aromatic nitrogens is 1. The first kappa shape index (κ1) is 29.0.